The van der Waals surface area contributed by atoms with Crippen molar-refractivity contribution in [1.29, 1.82) is 0 Å². The van der Waals surface area contributed by atoms with E-state index in [0.717, 1.165) is 68.6 Å². The van der Waals surface area contributed by atoms with E-state index in [0.29, 0.717) is 48.4 Å². The average Bonchev–Trinajstić information content (AvgIpc) is 3.37. The van der Waals surface area contributed by atoms with Gasteiger partial charge in [-0.25, -0.2) is 9.78 Å². The molecule has 1 aliphatic carbocycles. The van der Waals surface area contributed by atoms with Gasteiger partial charge in [-0.1, -0.05) is 18.1 Å². The Labute approximate surface area is 300 Å². The number of para-hydroxylation sites is 1. The molecule has 2 N–H and O–H groups in total. The first-order valence-corrected chi connectivity index (χ1v) is 18.1. The van der Waals surface area contributed by atoms with E-state index in [1.54, 1.807) is 12.0 Å². The zero-order valence-corrected chi connectivity index (χ0v) is 30.1. The Morgan fingerprint density at radius 3 is 2.45 bits per heavy atom. The SMILES string of the molecule is COCOc1ccccc1-c1cc(N2C[C@H]3CC[C@H](C2)N3c2ccnc(C#CC3CC(OC4CCN(C(=O)OC(C)(C)C)CC4)C3)c2)c(N)nn1. The van der Waals surface area contributed by atoms with Crippen LogP contribution in [-0.2, 0) is 14.2 Å². The van der Waals surface area contributed by atoms with Crippen LogP contribution in [-0.4, -0.2) is 96.1 Å². The molecule has 2 atom stereocenters. The summed E-state index contributed by atoms with van der Waals surface area (Å²) >= 11 is 0. The van der Waals surface area contributed by atoms with E-state index >= 15 is 0 Å². The van der Waals surface area contributed by atoms with Gasteiger partial charge in [0, 0.05) is 68.7 Å². The van der Waals surface area contributed by atoms with Crippen LogP contribution in [0, 0.1) is 17.8 Å². The van der Waals surface area contributed by atoms with Crippen molar-refractivity contribution in [2.75, 3.05) is 55.6 Å². The molecule has 3 saturated heterocycles. The average molecular weight is 696 g/mol. The smallest absolute Gasteiger partial charge is 0.410 e. The van der Waals surface area contributed by atoms with E-state index in [9.17, 15) is 4.79 Å². The quantitative estimate of drug-likeness (QED) is 0.237. The molecule has 270 valence electrons. The summed E-state index contributed by atoms with van der Waals surface area (Å²) in [7, 11) is 1.60. The number of nitrogens with zero attached hydrogens (tertiary/aromatic N) is 6. The second kappa shape index (κ2) is 14.9. The highest BCUT2D eigenvalue weighted by Crippen LogP contribution is 2.39. The maximum atomic E-state index is 12.4. The third-order valence-corrected chi connectivity index (χ3v) is 10.1. The van der Waals surface area contributed by atoms with Crippen molar-refractivity contribution in [3.63, 3.8) is 0 Å². The molecule has 7 rings (SSSR count). The molecule has 1 aromatic carbocycles. The number of piperidine rings is 1. The van der Waals surface area contributed by atoms with Gasteiger partial charge in [-0.3, -0.25) is 0 Å². The van der Waals surface area contributed by atoms with Crippen molar-refractivity contribution in [1.82, 2.24) is 20.1 Å². The van der Waals surface area contributed by atoms with Crippen molar-refractivity contribution in [2.45, 2.75) is 89.2 Å². The van der Waals surface area contributed by atoms with Crippen molar-refractivity contribution in [3.8, 4) is 28.8 Å². The monoisotopic (exact) mass is 695 g/mol. The second-order valence-electron chi connectivity index (χ2n) is 15.0. The van der Waals surface area contributed by atoms with E-state index in [2.05, 4.69) is 49.0 Å². The third kappa shape index (κ3) is 8.16. The number of nitrogens with two attached hydrogens (primary N) is 1. The van der Waals surface area contributed by atoms with E-state index in [-0.39, 0.29) is 25.1 Å². The summed E-state index contributed by atoms with van der Waals surface area (Å²) in [6.07, 6.45) is 7.81. The van der Waals surface area contributed by atoms with Crippen molar-refractivity contribution in [3.05, 3.63) is 54.4 Å². The highest BCUT2D eigenvalue weighted by Gasteiger charge is 2.41. The minimum Gasteiger partial charge on any atom is -0.467 e. The van der Waals surface area contributed by atoms with Gasteiger partial charge in [-0.2, -0.15) is 0 Å². The summed E-state index contributed by atoms with van der Waals surface area (Å²) in [5.74, 6) is 8.23. The maximum absolute atomic E-state index is 12.4. The number of likely N-dealkylation sites (tertiary alicyclic amines) is 1. The molecule has 5 heterocycles. The minimum absolute atomic E-state index is 0.149. The summed E-state index contributed by atoms with van der Waals surface area (Å²) in [5, 5.41) is 8.76. The molecule has 1 saturated carbocycles. The van der Waals surface area contributed by atoms with Crippen LogP contribution < -0.4 is 20.3 Å². The molecule has 0 unspecified atom stereocenters. The molecule has 4 fully saturated rings. The third-order valence-electron chi connectivity index (χ3n) is 10.1. The summed E-state index contributed by atoms with van der Waals surface area (Å²) in [6, 6.07) is 14.7. The standard InChI is InChI=1S/C39H49N7O5/c1-39(2,3)51-38(47)44-17-14-31(15-18-44)50-32-19-26(20-32)9-10-27-21-28(13-16-41-27)46-29-11-12-30(46)24-45(23-29)35-22-34(42-43-37(35)40)33-7-5-6-8-36(33)49-25-48-4/h5-8,13,16,21-22,26,29-32H,11-12,14-15,17-20,23-25H2,1-4H3,(H2,40,43)/t26?,29-,30-,32?/m1/s1. The van der Waals surface area contributed by atoms with Crippen molar-refractivity contribution >= 4 is 23.3 Å². The number of aromatic nitrogens is 3. The van der Waals surface area contributed by atoms with Gasteiger partial charge >= 0.3 is 6.09 Å². The number of carbonyl (C=O) groups excluding carboxylic acids is 1. The minimum atomic E-state index is -0.478. The first-order valence-electron chi connectivity index (χ1n) is 18.1. The van der Waals surface area contributed by atoms with E-state index in [1.165, 1.54) is 5.69 Å². The number of amides is 1. The zero-order valence-electron chi connectivity index (χ0n) is 30.1. The van der Waals surface area contributed by atoms with E-state index in [4.69, 9.17) is 24.7 Å². The normalized spacial score (nSPS) is 23.3. The molecular formula is C39H49N7O5. The molecule has 0 radical (unpaired) electrons. The van der Waals surface area contributed by atoms with Gasteiger partial charge in [0.1, 0.15) is 17.0 Å². The Morgan fingerprint density at radius 2 is 1.73 bits per heavy atom. The van der Waals surface area contributed by atoms with Crippen LogP contribution in [0.15, 0.2) is 48.7 Å². The Morgan fingerprint density at radius 1 is 0.980 bits per heavy atom. The molecule has 4 aliphatic rings. The van der Waals surface area contributed by atoms with Crippen LogP contribution in [0.3, 0.4) is 0 Å². The van der Waals surface area contributed by atoms with Gasteiger partial charge in [-0.15, -0.1) is 10.2 Å². The molecule has 2 bridgehead atoms. The maximum Gasteiger partial charge on any atom is 0.410 e. The fourth-order valence-corrected chi connectivity index (χ4v) is 7.62. The molecule has 2 aromatic heterocycles. The summed E-state index contributed by atoms with van der Waals surface area (Å²) in [6.45, 7) is 8.85. The molecule has 12 nitrogen and oxygen atoms in total. The number of rotatable bonds is 8. The van der Waals surface area contributed by atoms with E-state index < -0.39 is 5.60 Å². The zero-order chi connectivity index (χ0) is 35.5. The summed E-state index contributed by atoms with van der Waals surface area (Å²) in [5.41, 5.74) is 10.4. The number of ether oxygens (including phenoxy) is 4. The molecule has 3 aliphatic heterocycles. The van der Waals surface area contributed by atoms with Gasteiger partial charge in [0.05, 0.1) is 23.6 Å². The van der Waals surface area contributed by atoms with Crippen LogP contribution >= 0.6 is 0 Å². The van der Waals surface area contributed by atoms with Crippen LogP contribution in [0.4, 0.5) is 22.0 Å². The lowest BCUT2D eigenvalue weighted by Crippen LogP contribution is -2.54. The number of carbonyl (C=O) groups is 1. The predicted molar refractivity (Wildman–Crippen MR) is 195 cm³/mol. The van der Waals surface area contributed by atoms with Crippen LogP contribution in [0.5, 0.6) is 5.75 Å². The fraction of sp³-hybridized carbons (Fsp3) is 0.538. The van der Waals surface area contributed by atoms with Crippen LogP contribution in [0.25, 0.3) is 11.3 Å². The lowest BCUT2D eigenvalue weighted by molar-refractivity contribution is -0.0848. The van der Waals surface area contributed by atoms with E-state index in [1.807, 2.05) is 57.3 Å². The van der Waals surface area contributed by atoms with Gasteiger partial charge in [0.25, 0.3) is 0 Å². The lowest BCUT2D eigenvalue weighted by Gasteiger charge is -2.43. The highest BCUT2D eigenvalue weighted by molar-refractivity contribution is 5.75. The van der Waals surface area contributed by atoms with Crippen molar-refractivity contribution < 1.29 is 23.7 Å². The van der Waals surface area contributed by atoms with Gasteiger partial charge in [0.2, 0.25) is 0 Å². The molecule has 12 heteroatoms. The molecule has 51 heavy (non-hydrogen) atoms. The number of methoxy groups -OCH3 is 1. The number of hydrogen-bond acceptors (Lipinski definition) is 11. The van der Waals surface area contributed by atoms with Crippen LogP contribution in [0.2, 0.25) is 0 Å². The molecule has 0 spiro atoms. The van der Waals surface area contributed by atoms with Crippen LogP contribution in [0.1, 0.15) is 65.0 Å². The molecular weight excluding hydrogens is 646 g/mol. The number of benzene rings is 1. The number of anilines is 3. The van der Waals surface area contributed by atoms with Gasteiger partial charge < -0.3 is 39.4 Å². The number of pyridine rings is 1. The fourth-order valence-electron chi connectivity index (χ4n) is 7.62. The van der Waals surface area contributed by atoms with Gasteiger partial charge in [0.15, 0.2) is 12.6 Å². The number of hydrogen-bond donors (Lipinski definition) is 1. The Bertz CT molecular complexity index is 1740. The van der Waals surface area contributed by atoms with Crippen molar-refractivity contribution in [2.24, 2.45) is 5.92 Å². The first kappa shape index (κ1) is 34.8. The topological polar surface area (TPSA) is 128 Å². The predicted octanol–water partition coefficient (Wildman–Crippen LogP) is 5.51. The number of fused-ring (bicyclic) bond motifs is 2. The number of nitrogen functional groups attached to an aromatic ring is 1. The summed E-state index contributed by atoms with van der Waals surface area (Å²) < 4.78 is 22.8. The molecule has 1 amide bonds. The second-order valence-corrected chi connectivity index (χ2v) is 15.0. The first-order chi connectivity index (χ1) is 24.6. The Hall–Kier alpha value is -4.60. The highest BCUT2D eigenvalue weighted by atomic mass is 16.7. The van der Waals surface area contributed by atoms with Gasteiger partial charge in [-0.05, 0) is 95.5 Å². The lowest BCUT2D eigenvalue weighted by atomic mass is 9.82. The Kier molecular flexibility index (Phi) is 10.2. The molecule has 3 aromatic rings. The Balaban J connectivity index is 0.932. The largest absolute Gasteiger partial charge is 0.467 e. The number of piperazine rings is 1. The summed E-state index contributed by atoms with van der Waals surface area (Å²) in [4.78, 5) is 23.7.